The number of pyridine rings is 1. The highest BCUT2D eigenvalue weighted by Gasteiger charge is 2.32. The first-order chi connectivity index (χ1) is 9.65. The Balaban J connectivity index is 1.72. The molecular weight excluding hydrogens is 248 g/mol. The van der Waals surface area contributed by atoms with Crippen molar-refractivity contribution in [2.75, 3.05) is 32.1 Å². The first kappa shape index (κ1) is 13.8. The van der Waals surface area contributed by atoms with E-state index in [0.29, 0.717) is 12.0 Å². The molecule has 2 atom stereocenters. The molecule has 0 amide bonds. The van der Waals surface area contributed by atoms with E-state index in [1.54, 1.807) is 0 Å². The van der Waals surface area contributed by atoms with Crippen molar-refractivity contribution in [2.45, 2.75) is 38.4 Å². The van der Waals surface area contributed by atoms with Crippen molar-refractivity contribution in [3.63, 3.8) is 0 Å². The predicted octanol–water partition coefficient (Wildman–Crippen LogP) is 1.72. The molecule has 1 saturated heterocycles. The molecule has 20 heavy (non-hydrogen) atoms. The second-order valence-corrected chi connectivity index (χ2v) is 6.55. The van der Waals surface area contributed by atoms with Gasteiger partial charge in [-0.05, 0) is 38.9 Å². The Hall–Kier alpha value is -1.13. The molecule has 0 radical (unpaired) electrons. The number of hydrogen-bond acceptors (Lipinski definition) is 4. The minimum absolute atomic E-state index is 0.626. The van der Waals surface area contributed by atoms with Crippen molar-refractivity contribution in [1.29, 1.82) is 0 Å². The zero-order chi connectivity index (χ0) is 14.1. The van der Waals surface area contributed by atoms with Crippen molar-refractivity contribution >= 4 is 5.82 Å². The third-order valence-electron chi connectivity index (χ3n) is 4.56. The van der Waals surface area contributed by atoms with Crippen molar-refractivity contribution < 1.29 is 0 Å². The van der Waals surface area contributed by atoms with Crippen molar-refractivity contribution in [2.24, 2.45) is 5.92 Å². The van der Waals surface area contributed by atoms with Crippen molar-refractivity contribution in [1.82, 2.24) is 15.2 Å². The molecule has 1 aliphatic carbocycles. The summed E-state index contributed by atoms with van der Waals surface area (Å²) in [6.45, 7) is 5.49. The normalized spacial score (nSPS) is 26.5. The third kappa shape index (κ3) is 2.96. The number of likely N-dealkylation sites (N-methyl/N-ethyl adjacent to an activating group) is 1. The zero-order valence-electron chi connectivity index (χ0n) is 12.8. The summed E-state index contributed by atoms with van der Waals surface area (Å²) in [5.74, 6) is 1.87. The molecule has 1 N–H and O–H groups in total. The van der Waals surface area contributed by atoms with Crippen LogP contribution in [0, 0.1) is 5.92 Å². The van der Waals surface area contributed by atoms with Gasteiger partial charge in [-0.1, -0.05) is 13.0 Å². The fraction of sp³-hybridized carbons (Fsp3) is 0.688. The van der Waals surface area contributed by atoms with Gasteiger partial charge in [-0.2, -0.15) is 0 Å². The molecule has 0 spiro atoms. The molecule has 4 nitrogen and oxygen atoms in total. The van der Waals surface area contributed by atoms with Gasteiger partial charge in [0.15, 0.2) is 0 Å². The summed E-state index contributed by atoms with van der Waals surface area (Å²) in [6.07, 6.45) is 4.59. The lowest BCUT2D eigenvalue weighted by Gasteiger charge is -2.23. The van der Waals surface area contributed by atoms with Crippen LogP contribution in [0.2, 0.25) is 0 Å². The zero-order valence-corrected chi connectivity index (χ0v) is 12.8. The Bertz CT molecular complexity index is 456. The maximum Gasteiger partial charge on any atom is 0.133 e. The van der Waals surface area contributed by atoms with E-state index in [2.05, 4.69) is 53.3 Å². The van der Waals surface area contributed by atoms with Crippen molar-refractivity contribution in [3.05, 3.63) is 23.9 Å². The number of rotatable bonds is 5. The molecule has 0 bridgehead atoms. The summed E-state index contributed by atoms with van der Waals surface area (Å²) < 4.78 is 0. The molecule has 0 aromatic carbocycles. The van der Waals surface area contributed by atoms with Gasteiger partial charge in [0, 0.05) is 43.5 Å². The summed E-state index contributed by atoms with van der Waals surface area (Å²) in [5.41, 5.74) is 1.34. The first-order valence-corrected chi connectivity index (χ1v) is 7.74. The topological polar surface area (TPSA) is 31.4 Å². The van der Waals surface area contributed by atoms with Crippen LogP contribution < -0.4 is 10.2 Å². The molecule has 1 saturated carbocycles. The lowest BCUT2D eigenvalue weighted by molar-refractivity contribution is 0.266. The van der Waals surface area contributed by atoms with Gasteiger partial charge in [0.1, 0.15) is 5.82 Å². The van der Waals surface area contributed by atoms with Gasteiger partial charge in [0.05, 0.1) is 0 Å². The average Bonchev–Trinajstić information content (AvgIpc) is 3.18. The Morgan fingerprint density at radius 2 is 2.15 bits per heavy atom. The summed E-state index contributed by atoms with van der Waals surface area (Å²) in [7, 11) is 4.36. The molecule has 2 heterocycles. The monoisotopic (exact) mass is 274 g/mol. The number of nitrogens with zero attached hydrogens (tertiary/aromatic N) is 3. The minimum Gasteiger partial charge on any atom is -0.354 e. The largest absolute Gasteiger partial charge is 0.354 e. The molecule has 1 aromatic rings. The van der Waals surface area contributed by atoms with Gasteiger partial charge in [0.2, 0.25) is 0 Å². The maximum absolute atomic E-state index is 4.65. The van der Waals surface area contributed by atoms with Crippen LogP contribution in [0.1, 0.15) is 25.3 Å². The van der Waals surface area contributed by atoms with E-state index in [9.17, 15) is 0 Å². The molecular formula is C16H26N4. The van der Waals surface area contributed by atoms with Crippen molar-refractivity contribution in [3.8, 4) is 0 Å². The molecule has 110 valence electrons. The highest BCUT2D eigenvalue weighted by Crippen LogP contribution is 2.28. The molecule has 3 rings (SSSR count). The lowest BCUT2D eigenvalue weighted by atomic mass is 10.1. The summed E-state index contributed by atoms with van der Waals surface area (Å²) in [4.78, 5) is 9.46. The number of hydrogen-bond donors (Lipinski definition) is 1. The van der Waals surface area contributed by atoms with E-state index in [4.69, 9.17) is 0 Å². The molecule has 1 aliphatic heterocycles. The van der Waals surface area contributed by atoms with Gasteiger partial charge in [0.25, 0.3) is 0 Å². The maximum atomic E-state index is 4.65. The summed E-state index contributed by atoms with van der Waals surface area (Å²) in [6, 6.07) is 5.64. The molecule has 2 fully saturated rings. The Labute approximate surface area is 122 Å². The smallest absolute Gasteiger partial charge is 0.133 e. The van der Waals surface area contributed by atoms with E-state index in [1.165, 1.54) is 24.2 Å². The van der Waals surface area contributed by atoms with Gasteiger partial charge >= 0.3 is 0 Å². The summed E-state index contributed by atoms with van der Waals surface area (Å²) >= 11 is 0. The van der Waals surface area contributed by atoms with Crippen LogP contribution in [0.15, 0.2) is 18.3 Å². The van der Waals surface area contributed by atoms with Gasteiger partial charge in [-0.25, -0.2) is 4.98 Å². The van der Waals surface area contributed by atoms with Crippen LogP contribution in [-0.4, -0.2) is 49.2 Å². The Morgan fingerprint density at radius 1 is 1.35 bits per heavy atom. The Morgan fingerprint density at radius 3 is 2.80 bits per heavy atom. The van der Waals surface area contributed by atoms with Gasteiger partial charge in [-0.3, -0.25) is 0 Å². The molecule has 4 heteroatoms. The molecule has 2 aliphatic rings. The van der Waals surface area contributed by atoms with Crippen LogP contribution in [0.25, 0.3) is 0 Å². The number of nitrogens with one attached hydrogen (secondary N) is 1. The first-order valence-electron chi connectivity index (χ1n) is 7.74. The van der Waals surface area contributed by atoms with Gasteiger partial charge in [-0.15, -0.1) is 0 Å². The third-order valence-corrected chi connectivity index (χ3v) is 4.56. The molecule has 2 unspecified atom stereocenters. The predicted molar refractivity (Wildman–Crippen MR) is 83.0 cm³/mol. The molecule has 1 aromatic heterocycles. The number of anilines is 1. The van der Waals surface area contributed by atoms with Crippen LogP contribution in [0.5, 0.6) is 0 Å². The second kappa shape index (κ2) is 5.70. The quantitative estimate of drug-likeness (QED) is 0.886. The van der Waals surface area contributed by atoms with E-state index in [1.807, 2.05) is 6.20 Å². The number of aromatic nitrogens is 1. The minimum atomic E-state index is 0.626. The summed E-state index contributed by atoms with van der Waals surface area (Å²) in [5, 5.41) is 3.60. The van der Waals surface area contributed by atoms with E-state index >= 15 is 0 Å². The van der Waals surface area contributed by atoms with Crippen LogP contribution >= 0.6 is 0 Å². The van der Waals surface area contributed by atoms with E-state index < -0.39 is 0 Å². The second-order valence-electron chi connectivity index (χ2n) is 6.55. The van der Waals surface area contributed by atoms with E-state index in [-0.39, 0.29) is 0 Å². The van der Waals surface area contributed by atoms with Crippen LogP contribution in [-0.2, 0) is 6.54 Å². The van der Waals surface area contributed by atoms with Crippen LogP contribution in [0.4, 0.5) is 5.82 Å². The average molecular weight is 274 g/mol. The lowest BCUT2D eigenvalue weighted by Crippen LogP contribution is -2.34. The van der Waals surface area contributed by atoms with Crippen LogP contribution in [0.3, 0.4) is 0 Å². The SMILES string of the molecule is CC1CN(c2ncccc2CNC2CC2)CC1N(C)C. The standard InChI is InChI=1S/C16H26N4/c1-12-10-20(11-15(12)19(2)3)16-13(5-4-8-17-16)9-18-14-6-7-14/h4-5,8,12,14-15,18H,6-7,9-11H2,1-3H3. The fourth-order valence-electron chi connectivity index (χ4n) is 3.19. The highest BCUT2D eigenvalue weighted by atomic mass is 15.3. The Kier molecular flexibility index (Phi) is 3.94. The van der Waals surface area contributed by atoms with E-state index in [0.717, 1.165) is 25.7 Å². The fourth-order valence-corrected chi connectivity index (χ4v) is 3.19. The van der Waals surface area contributed by atoms with Gasteiger partial charge < -0.3 is 15.1 Å². The highest BCUT2D eigenvalue weighted by molar-refractivity contribution is 5.48.